The third-order valence-electron chi connectivity index (χ3n) is 1.68. The normalized spacial score (nSPS) is 12.5. The van der Waals surface area contributed by atoms with Gasteiger partial charge in [-0.2, -0.15) is 0 Å². The molecule has 1 heterocycles. The summed E-state index contributed by atoms with van der Waals surface area (Å²) in [4.78, 5) is 14.4. The Morgan fingerprint density at radius 1 is 1.69 bits per heavy atom. The summed E-state index contributed by atoms with van der Waals surface area (Å²) in [7, 11) is 0. The van der Waals surface area contributed by atoms with E-state index in [2.05, 4.69) is 4.98 Å². The SMILES string of the molecule is NC(CO)c1cnccc1C(=O)O. The molecule has 13 heavy (non-hydrogen) atoms. The van der Waals surface area contributed by atoms with Crippen LogP contribution in [0.2, 0.25) is 0 Å². The number of carbonyl (C=O) groups is 1. The number of hydrogen-bond acceptors (Lipinski definition) is 4. The fourth-order valence-electron chi connectivity index (χ4n) is 0.995. The van der Waals surface area contributed by atoms with Crippen molar-refractivity contribution in [2.75, 3.05) is 6.61 Å². The number of aromatic carboxylic acids is 1. The molecule has 5 heteroatoms. The van der Waals surface area contributed by atoms with Crippen LogP contribution in [0.5, 0.6) is 0 Å². The second kappa shape index (κ2) is 3.97. The molecule has 1 aromatic rings. The molecule has 1 unspecified atom stereocenters. The van der Waals surface area contributed by atoms with Gasteiger partial charge in [-0.15, -0.1) is 0 Å². The number of aliphatic hydroxyl groups is 1. The first-order chi connectivity index (χ1) is 6.16. The van der Waals surface area contributed by atoms with Crippen LogP contribution in [0.1, 0.15) is 22.0 Å². The fourth-order valence-corrected chi connectivity index (χ4v) is 0.995. The molecule has 0 aromatic carbocycles. The van der Waals surface area contributed by atoms with Crippen LogP contribution in [-0.4, -0.2) is 27.8 Å². The lowest BCUT2D eigenvalue weighted by molar-refractivity contribution is 0.0694. The Labute approximate surface area is 74.8 Å². The molecule has 0 amide bonds. The minimum absolute atomic E-state index is 0.0801. The molecular formula is C8H10N2O3. The van der Waals surface area contributed by atoms with Gasteiger partial charge in [-0.05, 0) is 6.07 Å². The van der Waals surface area contributed by atoms with Crippen molar-refractivity contribution < 1.29 is 15.0 Å². The smallest absolute Gasteiger partial charge is 0.336 e. The minimum atomic E-state index is -1.07. The van der Waals surface area contributed by atoms with E-state index in [1.165, 1.54) is 18.5 Å². The van der Waals surface area contributed by atoms with Crippen molar-refractivity contribution in [3.63, 3.8) is 0 Å². The number of aromatic nitrogens is 1. The molecule has 0 fully saturated rings. The Kier molecular flexibility index (Phi) is 2.94. The molecule has 1 rings (SSSR count). The topological polar surface area (TPSA) is 96.4 Å². The Morgan fingerprint density at radius 2 is 2.38 bits per heavy atom. The van der Waals surface area contributed by atoms with Gasteiger partial charge in [-0.25, -0.2) is 4.79 Å². The number of nitrogens with zero attached hydrogens (tertiary/aromatic N) is 1. The van der Waals surface area contributed by atoms with Crippen LogP contribution < -0.4 is 5.73 Å². The highest BCUT2D eigenvalue weighted by Crippen LogP contribution is 2.13. The number of carboxylic acids is 1. The highest BCUT2D eigenvalue weighted by molar-refractivity contribution is 5.89. The lowest BCUT2D eigenvalue weighted by atomic mass is 10.0. The molecule has 0 bridgehead atoms. The first-order valence-corrected chi connectivity index (χ1v) is 3.70. The standard InChI is InChI=1S/C8H10N2O3/c9-7(4-11)6-3-10-2-1-5(6)8(12)13/h1-3,7,11H,4,9H2,(H,12,13). The molecule has 70 valence electrons. The largest absolute Gasteiger partial charge is 0.478 e. The summed E-state index contributed by atoms with van der Waals surface area (Å²) < 4.78 is 0. The number of carboxylic acid groups (broad SMARTS) is 1. The molecule has 4 N–H and O–H groups in total. The molecule has 0 saturated carbocycles. The number of rotatable bonds is 3. The Morgan fingerprint density at radius 3 is 2.92 bits per heavy atom. The van der Waals surface area contributed by atoms with Crippen LogP contribution in [-0.2, 0) is 0 Å². The predicted molar refractivity (Wildman–Crippen MR) is 45.2 cm³/mol. The van der Waals surface area contributed by atoms with Gasteiger partial charge in [-0.3, -0.25) is 4.98 Å². The van der Waals surface area contributed by atoms with E-state index in [0.717, 1.165) is 0 Å². The fraction of sp³-hybridized carbons (Fsp3) is 0.250. The molecule has 0 spiro atoms. The number of nitrogens with two attached hydrogens (primary N) is 1. The van der Waals surface area contributed by atoms with Crippen LogP contribution in [0.15, 0.2) is 18.5 Å². The quantitative estimate of drug-likeness (QED) is 0.600. The lowest BCUT2D eigenvalue weighted by Gasteiger charge is -2.10. The summed E-state index contributed by atoms with van der Waals surface area (Å²) in [5.41, 5.74) is 5.90. The molecular weight excluding hydrogens is 172 g/mol. The molecule has 0 aliphatic carbocycles. The van der Waals surface area contributed by atoms with Gasteiger partial charge < -0.3 is 15.9 Å². The average molecular weight is 182 g/mol. The Hall–Kier alpha value is -1.46. The minimum Gasteiger partial charge on any atom is -0.478 e. The summed E-state index contributed by atoms with van der Waals surface area (Å²) in [6.45, 7) is -0.300. The molecule has 0 aliphatic heterocycles. The number of hydrogen-bond donors (Lipinski definition) is 3. The van der Waals surface area contributed by atoms with E-state index in [1.807, 2.05) is 0 Å². The second-order valence-corrected chi connectivity index (χ2v) is 2.56. The van der Waals surface area contributed by atoms with Crippen molar-refractivity contribution in [1.29, 1.82) is 0 Å². The Bertz CT molecular complexity index is 314. The van der Waals surface area contributed by atoms with Gasteiger partial charge in [-0.1, -0.05) is 0 Å². The van der Waals surface area contributed by atoms with Crippen LogP contribution in [0.4, 0.5) is 0 Å². The number of pyridine rings is 1. The second-order valence-electron chi connectivity index (χ2n) is 2.56. The van der Waals surface area contributed by atoms with E-state index in [0.29, 0.717) is 5.56 Å². The van der Waals surface area contributed by atoms with Crippen molar-refractivity contribution in [3.8, 4) is 0 Å². The van der Waals surface area contributed by atoms with Crippen molar-refractivity contribution in [2.24, 2.45) is 5.73 Å². The van der Waals surface area contributed by atoms with E-state index >= 15 is 0 Å². The maximum atomic E-state index is 10.7. The molecule has 5 nitrogen and oxygen atoms in total. The van der Waals surface area contributed by atoms with E-state index in [4.69, 9.17) is 15.9 Å². The zero-order valence-corrected chi connectivity index (χ0v) is 6.84. The van der Waals surface area contributed by atoms with Crippen molar-refractivity contribution in [3.05, 3.63) is 29.6 Å². The summed E-state index contributed by atoms with van der Waals surface area (Å²) in [5.74, 6) is -1.07. The third-order valence-corrected chi connectivity index (χ3v) is 1.68. The lowest BCUT2D eigenvalue weighted by Crippen LogP contribution is -2.18. The first-order valence-electron chi connectivity index (χ1n) is 3.70. The van der Waals surface area contributed by atoms with Crippen LogP contribution in [0.3, 0.4) is 0 Å². The van der Waals surface area contributed by atoms with Gasteiger partial charge in [0.1, 0.15) is 0 Å². The monoisotopic (exact) mass is 182 g/mol. The van der Waals surface area contributed by atoms with Gasteiger partial charge in [0.05, 0.1) is 18.2 Å². The maximum absolute atomic E-state index is 10.7. The summed E-state index contributed by atoms with van der Waals surface area (Å²) in [6, 6.07) is 0.660. The average Bonchev–Trinajstić information content (AvgIpc) is 2.16. The third kappa shape index (κ3) is 2.01. The maximum Gasteiger partial charge on any atom is 0.336 e. The predicted octanol–water partition coefficient (Wildman–Crippen LogP) is -0.228. The molecule has 1 atom stereocenters. The van der Waals surface area contributed by atoms with Crippen LogP contribution in [0.25, 0.3) is 0 Å². The van der Waals surface area contributed by atoms with Gasteiger partial charge in [0.15, 0.2) is 0 Å². The van der Waals surface area contributed by atoms with E-state index in [-0.39, 0.29) is 12.2 Å². The van der Waals surface area contributed by atoms with E-state index in [9.17, 15) is 4.79 Å². The first kappa shape index (κ1) is 9.63. The summed E-state index contributed by atoms with van der Waals surface area (Å²) in [6.07, 6.45) is 2.72. The summed E-state index contributed by atoms with van der Waals surface area (Å²) in [5, 5.41) is 17.5. The zero-order valence-electron chi connectivity index (χ0n) is 6.84. The Balaban J connectivity index is 3.11. The van der Waals surface area contributed by atoms with E-state index in [1.54, 1.807) is 0 Å². The van der Waals surface area contributed by atoms with Gasteiger partial charge in [0.2, 0.25) is 0 Å². The van der Waals surface area contributed by atoms with Gasteiger partial charge in [0, 0.05) is 18.0 Å². The highest BCUT2D eigenvalue weighted by atomic mass is 16.4. The molecule has 1 aromatic heterocycles. The van der Waals surface area contributed by atoms with Crippen LogP contribution >= 0.6 is 0 Å². The molecule has 0 aliphatic rings. The van der Waals surface area contributed by atoms with Crippen LogP contribution in [0, 0.1) is 0 Å². The van der Waals surface area contributed by atoms with Gasteiger partial charge in [0.25, 0.3) is 0 Å². The highest BCUT2D eigenvalue weighted by Gasteiger charge is 2.14. The summed E-state index contributed by atoms with van der Waals surface area (Å²) >= 11 is 0. The van der Waals surface area contributed by atoms with Crippen molar-refractivity contribution in [1.82, 2.24) is 4.98 Å². The zero-order chi connectivity index (χ0) is 9.84. The van der Waals surface area contributed by atoms with Crippen molar-refractivity contribution >= 4 is 5.97 Å². The van der Waals surface area contributed by atoms with Gasteiger partial charge >= 0.3 is 5.97 Å². The number of aliphatic hydroxyl groups excluding tert-OH is 1. The van der Waals surface area contributed by atoms with Crippen molar-refractivity contribution in [2.45, 2.75) is 6.04 Å². The molecule has 0 radical (unpaired) electrons. The van der Waals surface area contributed by atoms with E-state index < -0.39 is 12.0 Å². The molecule has 0 saturated heterocycles.